The van der Waals surface area contributed by atoms with E-state index in [1.807, 2.05) is 0 Å². The van der Waals surface area contributed by atoms with Gasteiger partial charge in [0.15, 0.2) is 0 Å². The summed E-state index contributed by atoms with van der Waals surface area (Å²) in [6.07, 6.45) is 0. The van der Waals surface area contributed by atoms with Crippen molar-refractivity contribution in [1.29, 1.82) is 0 Å². The van der Waals surface area contributed by atoms with E-state index < -0.39 is 11.6 Å². The van der Waals surface area contributed by atoms with Gasteiger partial charge in [-0.15, -0.1) is 0 Å². The normalized spacial score (nSPS) is 10.4. The van der Waals surface area contributed by atoms with Crippen LogP contribution in [0.4, 0.5) is 14.5 Å². The van der Waals surface area contributed by atoms with Gasteiger partial charge in [-0.1, -0.05) is 17.7 Å². The zero-order chi connectivity index (χ0) is 13.1. The fourth-order valence-corrected chi connectivity index (χ4v) is 1.56. The monoisotopic (exact) mass is 269 g/mol. The Balaban J connectivity index is 2.06. The Hall–Kier alpha value is -1.81. The second-order valence-corrected chi connectivity index (χ2v) is 4.13. The van der Waals surface area contributed by atoms with E-state index in [-0.39, 0.29) is 17.3 Å². The number of hydrogen-bond donors (Lipinski definition) is 1. The quantitative estimate of drug-likeness (QED) is 0.861. The lowest BCUT2D eigenvalue weighted by atomic mass is 10.2. The highest BCUT2D eigenvalue weighted by Gasteiger charge is 2.04. The molecule has 0 bridgehead atoms. The number of ether oxygens (including phenoxy) is 1. The van der Waals surface area contributed by atoms with E-state index in [0.29, 0.717) is 11.3 Å². The topological polar surface area (TPSA) is 35.2 Å². The minimum absolute atomic E-state index is 0.0176. The Morgan fingerprint density at radius 3 is 2.50 bits per heavy atom. The summed E-state index contributed by atoms with van der Waals surface area (Å²) in [6.45, 7) is 0.152. The predicted octanol–water partition coefficient (Wildman–Crippen LogP) is 3.78. The maximum atomic E-state index is 13.2. The highest BCUT2D eigenvalue weighted by molar-refractivity contribution is 6.30. The van der Waals surface area contributed by atoms with Crippen LogP contribution in [0.2, 0.25) is 5.02 Å². The SMILES string of the molecule is Nc1ccc(COc2ccc(F)c(Cl)c2)cc1F. The van der Waals surface area contributed by atoms with Crippen LogP contribution in [0, 0.1) is 11.6 Å². The van der Waals surface area contributed by atoms with E-state index in [9.17, 15) is 8.78 Å². The molecule has 0 spiro atoms. The maximum absolute atomic E-state index is 13.2. The minimum Gasteiger partial charge on any atom is -0.489 e. The first kappa shape index (κ1) is 12.6. The summed E-state index contributed by atoms with van der Waals surface area (Å²) in [7, 11) is 0. The molecule has 0 atom stereocenters. The van der Waals surface area contributed by atoms with E-state index in [4.69, 9.17) is 22.1 Å². The van der Waals surface area contributed by atoms with Crippen LogP contribution in [0.15, 0.2) is 36.4 Å². The van der Waals surface area contributed by atoms with Crippen molar-refractivity contribution >= 4 is 17.3 Å². The summed E-state index contributed by atoms with van der Waals surface area (Å²) in [6, 6.07) is 8.44. The second kappa shape index (κ2) is 5.23. The smallest absolute Gasteiger partial charge is 0.146 e. The molecule has 2 rings (SSSR count). The van der Waals surface area contributed by atoms with Crippen LogP contribution in [0.1, 0.15) is 5.56 Å². The molecular formula is C13H10ClF2NO. The first-order valence-electron chi connectivity index (χ1n) is 5.18. The van der Waals surface area contributed by atoms with Crippen molar-refractivity contribution in [3.8, 4) is 5.75 Å². The van der Waals surface area contributed by atoms with E-state index in [0.717, 1.165) is 0 Å². The van der Waals surface area contributed by atoms with Crippen molar-refractivity contribution in [3.05, 3.63) is 58.6 Å². The zero-order valence-corrected chi connectivity index (χ0v) is 10.0. The summed E-state index contributed by atoms with van der Waals surface area (Å²) in [5.41, 5.74) is 6.07. The van der Waals surface area contributed by atoms with Crippen molar-refractivity contribution in [2.24, 2.45) is 0 Å². The molecule has 2 N–H and O–H groups in total. The van der Waals surface area contributed by atoms with Gasteiger partial charge in [-0.3, -0.25) is 0 Å². The van der Waals surface area contributed by atoms with Gasteiger partial charge < -0.3 is 10.5 Å². The summed E-state index contributed by atoms with van der Waals surface area (Å²) < 4.78 is 31.4. The molecule has 0 aromatic heterocycles. The zero-order valence-electron chi connectivity index (χ0n) is 9.29. The second-order valence-electron chi connectivity index (χ2n) is 3.72. The number of nitrogen functional groups attached to an aromatic ring is 1. The van der Waals surface area contributed by atoms with E-state index >= 15 is 0 Å². The highest BCUT2D eigenvalue weighted by Crippen LogP contribution is 2.22. The molecular weight excluding hydrogens is 260 g/mol. The molecule has 94 valence electrons. The van der Waals surface area contributed by atoms with Gasteiger partial charge in [-0.05, 0) is 29.8 Å². The summed E-state index contributed by atoms with van der Waals surface area (Å²) >= 11 is 5.61. The number of anilines is 1. The molecule has 0 aliphatic rings. The van der Waals surface area contributed by atoms with Gasteiger partial charge in [0.25, 0.3) is 0 Å². The standard InChI is InChI=1S/C13H10ClF2NO/c14-10-6-9(2-3-11(10)15)18-7-8-1-4-13(17)12(16)5-8/h1-6H,7,17H2. The van der Waals surface area contributed by atoms with Gasteiger partial charge in [0.2, 0.25) is 0 Å². The molecule has 0 radical (unpaired) electrons. The fourth-order valence-electron chi connectivity index (χ4n) is 1.39. The third kappa shape index (κ3) is 2.90. The lowest BCUT2D eigenvalue weighted by Crippen LogP contribution is -1.98. The Morgan fingerprint density at radius 2 is 1.83 bits per heavy atom. The molecule has 0 amide bonds. The van der Waals surface area contributed by atoms with Gasteiger partial charge in [-0.2, -0.15) is 0 Å². The molecule has 0 unspecified atom stereocenters. The van der Waals surface area contributed by atoms with Crippen LogP contribution in [-0.2, 0) is 6.61 Å². The van der Waals surface area contributed by atoms with Crippen LogP contribution in [-0.4, -0.2) is 0 Å². The minimum atomic E-state index is -0.512. The molecule has 0 aliphatic heterocycles. The molecule has 0 heterocycles. The van der Waals surface area contributed by atoms with Gasteiger partial charge in [-0.25, -0.2) is 8.78 Å². The Labute approximate surface area is 108 Å². The molecule has 2 nitrogen and oxygen atoms in total. The lowest BCUT2D eigenvalue weighted by Gasteiger charge is -2.07. The van der Waals surface area contributed by atoms with E-state index in [1.54, 1.807) is 6.07 Å². The van der Waals surface area contributed by atoms with Crippen LogP contribution in [0.5, 0.6) is 5.75 Å². The van der Waals surface area contributed by atoms with Crippen LogP contribution < -0.4 is 10.5 Å². The van der Waals surface area contributed by atoms with E-state index in [1.165, 1.54) is 30.3 Å². The Kier molecular flexibility index (Phi) is 3.67. The van der Waals surface area contributed by atoms with Crippen LogP contribution in [0.25, 0.3) is 0 Å². The molecule has 2 aromatic rings. The largest absolute Gasteiger partial charge is 0.489 e. The summed E-state index contributed by atoms with van der Waals surface area (Å²) in [4.78, 5) is 0. The molecule has 0 saturated heterocycles. The number of benzene rings is 2. The molecule has 0 saturated carbocycles. The summed E-state index contributed by atoms with van der Waals surface area (Å²) in [5.74, 6) is -0.589. The average Bonchev–Trinajstić information content (AvgIpc) is 2.35. The Bertz CT molecular complexity index is 523. The highest BCUT2D eigenvalue weighted by atomic mass is 35.5. The number of hydrogen-bond acceptors (Lipinski definition) is 2. The van der Waals surface area contributed by atoms with Gasteiger partial charge >= 0.3 is 0 Å². The van der Waals surface area contributed by atoms with Crippen LogP contribution in [0.3, 0.4) is 0 Å². The van der Waals surface area contributed by atoms with Crippen molar-refractivity contribution in [2.75, 3.05) is 5.73 Å². The van der Waals surface area contributed by atoms with Crippen LogP contribution >= 0.6 is 11.6 Å². The van der Waals surface area contributed by atoms with Crippen molar-refractivity contribution in [1.82, 2.24) is 0 Å². The number of halogens is 3. The molecule has 2 aromatic carbocycles. The van der Waals surface area contributed by atoms with Crippen molar-refractivity contribution in [3.63, 3.8) is 0 Å². The lowest BCUT2D eigenvalue weighted by molar-refractivity contribution is 0.305. The molecule has 18 heavy (non-hydrogen) atoms. The predicted molar refractivity (Wildman–Crippen MR) is 66.6 cm³/mol. The van der Waals surface area contributed by atoms with Gasteiger partial charge in [0.05, 0.1) is 10.7 Å². The van der Waals surface area contributed by atoms with Crippen molar-refractivity contribution in [2.45, 2.75) is 6.61 Å². The Morgan fingerprint density at radius 1 is 1.06 bits per heavy atom. The van der Waals surface area contributed by atoms with Gasteiger partial charge in [0, 0.05) is 6.07 Å². The fraction of sp³-hybridized carbons (Fsp3) is 0.0769. The third-order valence-electron chi connectivity index (χ3n) is 2.36. The van der Waals surface area contributed by atoms with Gasteiger partial charge in [0.1, 0.15) is 24.0 Å². The molecule has 0 aliphatic carbocycles. The number of nitrogens with two attached hydrogens (primary N) is 1. The van der Waals surface area contributed by atoms with E-state index in [2.05, 4.69) is 0 Å². The summed E-state index contributed by atoms with van der Waals surface area (Å²) in [5, 5.41) is -0.0176. The number of rotatable bonds is 3. The van der Waals surface area contributed by atoms with Crippen molar-refractivity contribution < 1.29 is 13.5 Å². The third-order valence-corrected chi connectivity index (χ3v) is 2.65. The molecule has 5 heteroatoms. The first-order valence-corrected chi connectivity index (χ1v) is 5.56. The average molecular weight is 270 g/mol. The maximum Gasteiger partial charge on any atom is 0.146 e. The first-order chi connectivity index (χ1) is 8.56. The molecule has 0 fully saturated rings.